The van der Waals surface area contributed by atoms with Gasteiger partial charge in [-0.05, 0) is 31.0 Å². The van der Waals surface area contributed by atoms with Gasteiger partial charge in [0.05, 0.1) is 36.7 Å². The highest BCUT2D eigenvalue weighted by atomic mass is 16.5. The summed E-state index contributed by atoms with van der Waals surface area (Å²) >= 11 is 0. The van der Waals surface area contributed by atoms with Crippen LogP contribution in [-0.2, 0) is 27.4 Å². The molecule has 4 atom stereocenters. The highest BCUT2D eigenvalue weighted by molar-refractivity contribution is 5.93. The summed E-state index contributed by atoms with van der Waals surface area (Å²) in [6, 6.07) is 8.07. The number of nitrogens with zero attached hydrogens (tertiary/aromatic N) is 4. The average molecular weight is 418 g/mol. The van der Waals surface area contributed by atoms with Crippen LogP contribution in [0.3, 0.4) is 0 Å². The van der Waals surface area contributed by atoms with Gasteiger partial charge in [0.15, 0.2) is 0 Å². The molecule has 0 unspecified atom stereocenters. The van der Waals surface area contributed by atoms with Crippen LogP contribution in [0.2, 0.25) is 0 Å². The molecule has 3 aliphatic rings. The van der Waals surface area contributed by atoms with E-state index in [4.69, 9.17) is 4.74 Å². The van der Waals surface area contributed by atoms with Gasteiger partial charge in [0, 0.05) is 19.8 Å². The van der Waals surface area contributed by atoms with Gasteiger partial charge < -0.3 is 14.5 Å². The number of ether oxygens (including phenoxy) is 1. The van der Waals surface area contributed by atoms with E-state index in [1.54, 1.807) is 24.2 Å². The van der Waals surface area contributed by atoms with Crippen molar-refractivity contribution in [2.75, 3.05) is 13.6 Å². The molecule has 1 spiro atoms. The molecule has 2 aromatic rings. The summed E-state index contributed by atoms with van der Waals surface area (Å²) in [5, 5.41) is 0. The number of aryl methyl sites for hydroxylation is 2. The van der Waals surface area contributed by atoms with E-state index in [-0.39, 0.29) is 17.9 Å². The molecule has 4 heterocycles. The Bertz CT molecular complexity index is 1070. The van der Waals surface area contributed by atoms with Crippen LogP contribution in [0, 0.1) is 25.7 Å². The Hall–Kier alpha value is -3.06. The molecule has 2 saturated heterocycles. The Balaban J connectivity index is 1.37. The van der Waals surface area contributed by atoms with Crippen molar-refractivity contribution in [3.63, 3.8) is 0 Å². The van der Waals surface area contributed by atoms with Crippen LogP contribution in [0.4, 0.5) is 0 Å². The standard InChI is InChI=1S/C24H26N4O3/c1-15-4-5-16(2)17(10-15)11-28-13-24-8-6-19(31-24)20(21(24)23(28)30)22(29)27(3)12-18-7-9-25-14-26-18/h4-10,14,19-21H,11-13H2,1-3H3/t19-,20-,21+,24-/m0/s1. The highest BCUT2D eigenvalue weighted by Gasteiger charge is 2.67. The van der Waals surface area contributed by atoms with Crippen LogP contribution in [0.5, 0.6) is 0 Å². The third kappa shape index (κ3) is 3.24. The SMILES string of the molecule is Cc1ccc(C)c(CN2C[C@]34C=C[C@H](O3)[C@H](C(=O)N(C)Cc3ccncn3)[C@@H]4C2=O)c1. The third-order valence-corrected chi connectivity index (χ3v) is 6.75. The van der Waals surface area contributed by atoms with Gasteiger partial charge in [-0.2, -0.15) is 0 Å². The zero-order valence-corrected chi connectivity index (χ0v) is 18.0. The molecule has 2 bridgehead atoms. The predicted octanol–water partition coefficient (Wildman–Crippen LogP) is 2.03. The molecule has 7 heteroatoms. The number of aromatic nitrogens is 2. The predicted molar refractivity (Wildman–Crippen MR) is 114 cm³/mol. The summed E-state index contributed by atoms with van der Waals surface area (Å²) in [5.41, 5.74) is 3.52. The van der Waals surface area contributed by atoms with Gasteiger partial charge >= 0.3 is 0 Å². The summed E-state index contributed by atoms with van der Waals surface area (Å²) in [6.45, 7) is 5.50. The van der Waals surface area contributed by atoms with E-state index >= 15 is 0 Å². The largest absolute Gasteiger partial charge is 0.360 e. The first-order valence-corrected chi connectivity index (χ1v) is 10.6. The third-order valence-electron chi connectivity index (χ3n) is 6.75. The van der Waals surface area contributed by atoms with Crippen molar-refractivity contribution in [3.05, 3.63) is 71.3 Å². The number of amides is 2. The number of hydrogen-bond donors (Lipinski definition) is 0. The Kier molecular flexibility index (Phi) is 4.66. The summed E-state index contributed by atoms with van der Waals surface area (Å²) in [5.74, 6) is -1.07. The molecule has 5 rings (SSSR count). The van der Waals surface area contributed by atoms with Crippen LogP contribution in [0.25, 0.3) is 0 Å². The van der Waals surface area contributed by atoms with E-state index < -0.39 is 17.4 Å². The summed E-state index contributed by atoms with van der Waals surface area (Å²) in [7, 11) is 1.75. The smallest absolute Gasteiger partial charge is 0.230 e. The Morgan fingerprint density at radius 3 is 2.94 bits per heavy atom. The zero-order valence-electron chi connectivity index (χ0n) is 18.0. The lowest BCUT2D eigenvalue weighted by Crippen LogP contribution is -2.44. The van der Waals surface area contributed by atoms with Crippen molar-refractivity contribution in [1.29, 1.82) is 0 Å². The van der Waals surface area contributed by atoms with Crippen LogP contribution in [0.1, 0.15) is 22.4 Å². The van der Waals surface area contributed by atoms with Gasteiger partial charge in [-0.25, -0.2) is 9.97 Å². The van der Waals surface area contributed by atoms with Crippen molar-refractivity contribution in [1.82, 2.24) is 19.8 Å². The maximum absolute atomic E-state index is 13.5. The lowest BCUT2D eigenvalue weighted by molar-refractivity contribution is -0.143. The van der Waals surface area contributed by atoms with Gasteiger partial charge in [0.25, 0.3) is 0 Å². The number of benzene rings is 1. The van der Waals surface area contributed by atoms with E-state index in [2.05, 4.69) is 42.0 Å². The number of carbonyl (C=O) groups is 2. The molecule has 31 heavy (non-hydrogen) atoms. The first-order valence-electron chi connectivity index (χ1n) is 10.6. The molecule has 2 amide bonds. The molecular weight excluding hydrogens is 392 g/mol. The average Bonchev–Trinajstić information content (AvgIpc) is 3.39. The molecule has 2 fully saturated rings. The molecule has 160 valence electrons. The summed E-state index contributed by atoms with van der Waals surface area (Å²) < 4.78 is 6.26. The Labute approximate surface area is 181 Å². The van der Waals surface area contributed by atoms with E-state index in [9.17, 15) is 9.59 Å². The van der Waals surface area contributed by atoms with E-state index in [0.717, 1.165) is 16.8 Å². The van der Waals surface area contributed by atoms with Gasteiger partial charge in [-0.3, -0.25) is 9.59 Å². The van der Waals surface area contributed by atoms with Gasteiger partial charge in [-0.1, -0.05) is 35.9 Å². The monoisotopic (exact) mass is 418 g/mol. The fraction of sp³-hybridized carbons (Fsp3) is 0.417. The lowest BCUT2D eigenvalue weighted by Gasteiger charge is -2.27. The Morgan fingerprint density at radius 1 is 1.32 bits per heavy atom. The van der Waals surface area contributed by atoms with Crippen LogP contribution in [-0.4, -0.2) is 56.9 Å². The summed E-state index contributed by atoms with van der Waals surface area (Å²) in [6.07, 6.45) is 6.73. The van der Waals surface area contributed by atoms with Gasteiger partial charge in [0.2, 0.25) is 11.8 Å². The zero-order chi connectivity index (χ0) is 21.8. The second-order valence-corrected chi connectivity index (χ2v) is 8.92. The van der Waals surface area contributed by atoms with Gasteiger partial charge in [-0.15, -0.1) is 0 Å². The molecule has 0 aliphatic carbocycles. The number of fused-ring (bicyclic) bond motifs is 1. The maximum Gasteiger partial charge on any atom is 0.230 e. The minimum absolute atomic E-state index is 0.00143. The molecule has 1 aromatic heterocycles. The molecule has 0 saturated carbocycles. The second kappa shape index (κ2) is 7.27. The molecule has 3 aliphatic heterocycles. The number of likely N-dealkylation sites (tertiary alicyclic amines) is 1. The highest BCUT2D eigenvalue weighted by Crippen LogP contribution is 2.52. The van der Waals surface area contributed by atoms with Crippen molar-refractivity contribution in [2.24, 2.45) is 11.8 Å². The van der Waals surface area contributed by atoms with Crippen LogP contribution in [0.15, 0.2) is 48.9 Å². The number of rotatable bonds is 5. The number of carbonyl (C=O) groups excluding carboxylic acids is 2. The molecule has 1 aromatic carbocycles. The molecule has 0 radical (unpaired) electrons. The Morgan fingerprint density at radius 2 is 2.16 bits per heavy atom. The maximum atomic E-state index is 13.5. The van der Waals surface area contributed by atoms with E-state index in [1.807, 2.05) is 17.1 Å². The van der Waals surface area contributed by atoms with E-state index in [0.29, 0.717) is 19.6 Å². The minimum atomic E-state index is -0.699. The second-order valence-electron chi connectivity index (χ2n) is 8.92. The summed E-state index contributed by atoms with van der Waals surface area (Å²) in [4.78, 5) is 38.5. The normalized spacial score (nSPS) is 28.3. The first-order chi connectivity index (χ1) is 14.9. The molecule has 0 N–H and O–H groups in total. The molecule has 7 nitrogen and oxygen atoms in total. The van der Waals surface area contributed by atoms with Crippen molar-refractivity contribution in [2.45, 2.75) is 38.6 Å². The molecular formula is C24H26N4O3. The first kappa shape index (κ1) is 19.9. The van der Waals surface area contributed by atoms with Gasteiger partial charge in [0.1, 0.15) is 11.9 Å². The quantitative estimate of drug-likeness (QED) is 0.695. The minimum Gasteiger partial charge on any atom is -0.360 e. The van der Waals surface area contributed by atoms with Crippen molar-refractivity contribution < 1.29 is 14.3 Å². The van der Waals surface area contributed by atoms with Crippen LogP contribution >= 0.6 is 0 Å². The number of hydrogen-bond acceptors (Lipinski definition) is 5. The van der Waals surface area contributed by atoms with Crippen molar-refractivity contribution >= 4 is 11.8 Å². The fourth-order valence-electron chi connectivity index (χ4n) is 5.16. The van der Waals surface area contributed by atoms with Crippen molar-refractivity contribution in [3.8, 4) is 0 Å². The topological polar surface area (TPSA) is 75.6 Å². The van der Waals surface area contributed by atoms with Crippen LogP contribution < -0.4 is 0 Å². The lowest BCUT2D eigenvalue weighted by atomic mass is 9.76. The van der Waals surface area contributed by atoms with E-state index in [1.165, 1.54) is 11.9 Å². The fourth-order valence-corrected chi connectivity index (χ4v) is 5.16.